The number of aryl methyl sites for hydroxylation is 1. The van der Waals surface area contributed by atoms with Crippen molar-refractivity contribution in [1.29, 1.82) is 0 Å². The number of sulfone groups is 1. The minimum atomic E-state index is -3.40. The van der Waals surface area contributed by atoms with Crippen molar-refractivity contribution in [2.45, 2.75) is 11.8 Å². The van der Waals surface area contributed by atoms with Gasteiger partial charge in [-0.1, -0.05) is 12.1 Å². The molecule has 2 amide bonds. The van der Waals surface area contributed by atoms with Crippen LogP contribution in [0.1, 0.15) is 26.3 Å². The predicted molar refractivity (Wildman–Crippen MR) is 95.4 cm³/mol. The van der Waals surface area contributed by atoms with Gasteiger partial charge in [-0.05, 0) is 42.8 Å². The zero-order valence-corrected chi connectivity index (χ0v) is 15.2. The fraction of sp³-hybridized carbons (Fsp3) is 0.222. The highest BCUT2D eigenvalue weighted by Gasteiger charge is 2.12. The SMILES string of the molecule is Cc1ccc(C(=O)NCCNC(=O)c2cccc(S(C)(=O)=O)c2)cc1F. The van der Waals surface area contributed by atoms with E-state index in [2.05, 4.69) is 10.6 Å². The highest BCUT2D eigenvalue weighted by molar-refractivity contribution is 7.90. The molecule has 0 saturated carbocycles. The van der Waals surface area contributed by atoms with Gasteiger partial charge in [0, 0.05) is 30.5 Å². The molecule has 0 spiro atoms. The van der Waals surface area contributed by atoms with Crippen molar-refractivity contribution in [1.82, 2.24) is 10.6 Å². The summed E-state index contributed by atoms with van der Waals surface area (Å²) < 4.78 is 36.5. The zero-order valence-electron chi connectivity index (χ0n) is 14.4. The number of hydrogen-bond acceptors (Lipinski definition) is 4. The second-order valence-corrected chi connectivity index (χ2v) is 7.79. The van der Waals surface area contributed by atoms with Crippen LogP contribution in [0.5, 0.6) is 0 Å². The summed E-state index contributed by atoms with van der Waals surface area (Å²) in [6.07, 6.45) is 1.06. The van der Waals surface area contributed by atoms with Crippen LogP contribution in [-0.2, 0) is 9.84 Å². The molecule has 0 radical (unpaired) electrons. The van der Waals surface area contributed by atoms with E-state index in [0.717, 1.165) is 12.3 Å². The van der Waals surface area contributed by atoms with Crippen LogP contribution in [0.4, 0.5) is 4.39 Å². The number of hydrogen-bond donors (Lipinski definition) is 2. The summed E-state index contributed by atoms with van der Waals surface area (Å²) in [6.45, 7) is 1.89. The van der Waals surface area contributed by atoms with Gasteiger partial charge in [0.25, 0.3) is 11.8 Å². The van der Waals surface area contributed by atoms with E-state index >= 15 is 0 Å². The molecule has 8 heteroatoms. The average molecular weight is 378 g/mol. The smallest absolute Gasteiger partial charge is 0.251 e. The molecule has 0 aliphatic heterocycles. The Balaban J connectivity index is 1.87. The molecule has 2 aromatic carbocycles. The van der Waals surface area contributed by atoms with E-state index in [9.17, 15) is 22.4 Å². The molecule has 26 heavy (non-hydrogen) atoms. The maximum atomic E-state index is 13.5. The Labute approximate surface area is 151 Å². The summed E-state index contributed by atoms with van der Waals surface area (Å²) in [5.74, 6) is -1.36. The lowest BCUT2D eigenvalue weighted by atomic mass is 10.1. The maximum Gasteiger partial charge on any atom is 0.251 e. The Bertz CT molecular complexity index is 942. The van der Waals surface area contributed by atoms with E-state index in [-0.39, 0.29) is 29.1 Å². The van der Waals surface area contributed by atoms with Gasteiger partial charge < -0.3 is 10.6 Å². The first-order chi connectivity index (χ1) is 12.2. The third-order valence-corrected chi connectivity index (χ3v) is 4.76. The third kappa shape index (κ3) is 5.13. The van der Waals surface area contributed by atoms with Crippen LogP contribution in [0, 0.1) is 12.7 Å². The Hall–Kier alpha value is -2.74. The van der Waals surface area contributed by atoms with Crippen LogP contribution in [-0.4, -0.2) is 39.6 Å². The topological polar surface area (TPSA) is 92.3 Å². The van der Waals surface area contributed by atoms with Crippen molar-refractivity contribution < 1.29 is 22.4 Å². The molecular formula is C18H19FN2O4S. The summed E-state index contributed by atoms with van der Waals surface area (Å²) in [6, 6.07) is 9.87. The predicted octanol–water partition coefficient (Wildman–Crippen LogP) is 1.70. The van der Waals surface area contributed by atoms with Gasteiger partial charge in [0.1, 0.15) is 5.82 Å². The van der Waals surface area contributed by atoms with Gasteiger partial charge in [0.2, 0.25) is 0 Å². The minimum Gasteiger partial charge on any atom is -0.350 e. The van der Waals surface area contributed by atoms with Crippen LogP contribution in [0.15, 0.2) is 47.4 Å². The van der Waals surface area contributed by atoms with Crippen LogP contribution >= 0.6 is 0 Å². The fourth-order valence-corrected chi connectivity index (χ4v) is 2.83. The van der Waals surface area contributed by atoms with Crippen molar-refractivity contribution >= 4 is 21.7 Å². The Morgan fingerprint density at radius 1 is 0.962 bits per heavy atom. The van der Waals surface area contributed by atoms with Gasteiger partial charge in [-0.25, -0.2) is 12.8 Å². The van der Waals surface area contributed by atoms with E-state index in [1.165, 1.54) is 36.4 Å². The molecule has 0 aliphatic carbocycles. The molecule has 0 aliphatic rings. The van der Waals surface area contributed by atoms with Crippen LogP contribution < -0.4 is 10.6 Å². The molecule has 0 atom stereocenters. The first-order valence-electron chi connectivity index (χ1n) is 7.81. The van der Waals surface area contributed by atoms with E-state index in [4.69, 9.17) is 0 Å². The van der Waals surface area contributed by atoms with Crippen LogP contribution in [0.3, 0.4) is 0 Å². The summed E-state index contributed by atoms with van der Waals surface area (Å²) in [4.78, 5) is 24.0. The molecule has 0 saturated heterocycles. The highest BCUT2D eigenvalue weighted by atomic mass is 32.2. The lowest BCUT2D eigenvalue weighted by molar-refractivity contribution is 0.0927. The molecule has 0 heterocycles. The van der Waals surface area contributed by atoms with Crippen LogP contribution in [0.2, 0.25) is 0 Å². The fourth-order valence-electron chi connectivity index (χ4n) is 2.16. The van der Waals surface area contributed by atoms with Crippen molar-refractivity contribution in [2.24, 2.45) is 0 Å². The van der Waals surface area contributed by atoms with E-state index in [1.54, 1.807) is 6.92 Å². The number of rotatable bonds is 6. The number of carbonyl (C=O) groups excluding carboxylic acids is 2. The standard InChI is InChI=1S/C18H19FN2O4S/c1-12-6-7-14(11-16(12)19)18(23)21-9-8-20-17(22)13-4-3-5-15(10-13)26(2,24)25/h3-7,10-11H,8-9H2,1-2H3,(H,20,22)(H,21,23). The molecule has 0 bridgehead atoms. The quantitative estimate of drug-likeness (QED) is 0.749. The highest BCUT2D eigenvalue weighted by Crippen LogP contribution is 2.11. The third-order valence-electron chi connectivity index (χ3n) is 3.65. The number of benzene rings is 2. The van der Waals surface area contributed by atoms with E-state index < -0.39 is 27.5 Å². The van der Waals surface area contributed by atoms with Gasteiger partial charge in [0.15, 0.2) is 9.84 Å². The van der Waals surface area contributed by atoms with Crippen molar-refractivity contribution in [3.05, 3.63) is 65.0 Å². The van der Waals surface area contributed by atoms with E-state index in [1.807, 2.05) is 0 Å². The van der Waals surface area contributed by atoms with Crippen molar-refractivity contribution in [3.63, 3.8) is 0 Å². The van der Waals surface area contributed by atoms with Gasteiger partial charge in [-0.3, -0.25) is 9.59 Å². The maximum absolute atomic E-state index is 13.5. The second kappa shape index (κ2) is 8.09. The molecule has 138 valence electrons. The lowest BCUT2D eigenvalue weighted by Gasteiger charge is -2.08. The molecule has 0 aromatic heterocycles. The van der Waals surface area contributed by atoms with Crippen LogP contribution in [0.25, 0.3) is 0 Å². The number of nitrogens with one attached hydrogen (secondary N) is 2. The first kappa shape index (κ1) is 19.6. The number of amides is 2. The normalized spacial score (nSPS) is 11.0. The Morgan fingerprint density at radius 3 is 2.08 bits per heavy atom. The molecule has 0 unspecified atom stereocenters. The summed E-state index contributed by atoms with van der Waals surface area (Å²) in [5.41, 5.74) is 0.852. The van der Waals surface area contributed by atoms with Gasteiger partial charge in [-0.2, -0.15) is 0 Å². The Morgan fingerprint density at radius 2 is 1.54 bits per heavy atom. The molecule has 2 N–H and O–H groups in total. The largest absolute Gasteiger partial charge is 0.350 e. The molecule has 2 rings (SSSR count). The summed E-state index contributed by atoms with van der Waals surface area (Å²) in [7, 11) is -3.40. The minimum absolute atomic E-state index is 0.0554. The monoisotopic (exact) mass is 378 g/mol. The van der Waals surface area contributed by atoms with E-state index in [0.29, 0.717) is 5.56 Å². The molecular weight excluding hydrogens is 359 g/mol. The van der Waals surface area contributed by atoms with Gasteiger partial charge >= 0.3 is 0 Å². The summed E-state index contributed by atoms with van der Waals surface area (Å²) in [5, 5.41) is 5.15. The van der Waals surface area contributed by atoms with Crippen molar-refractivity contribution in [3.8, 4) is 0 Å². The second-order valence-electron chi connectivity index (χ2n) is 5.78. The molecule has 6 nitrogen and oxygen atoms in total. The Kier molecular flexibility index (Phi) is 6.10. The molecule has 0 fully saturated rings. The summed E-state index contributed by atoms with van der Waals surface area (Å²) >= 11 is 0. The molecule has 2 aromatic rings. The number of carbonyl (C=O) groups is 2. The van der Waals surface area contributed by atoms with Crippen molar-refractivity contribution in [2.75, 3.05) is 19.3 Å². The first-order valence-corrected chi connectivity index (χ1v) is 9.70. The van der Waals surface area contributed by atoms with Gasteiger partial charge in [-0.15, -0.1) is 0 Å². The number of halogens is 1. The lowest BCUT2D eigenvalue weighted by Crippen LogP contribution is -2.34. The average Bonchev–Trinajstić information content (AvgIpc) is 2.60. The van der Waals surface area contributed by atoms with Gasteiger partial charge in [0.05, 0.1) is 4.90 Å². The zero-order chi connectivity index (χ0) is 19.3.